The van der Waals surface area contributed by atoms with E-state index in [9.17, 15) is 6.37 Å². The molecule has 0 bridgehead atoms. The zero-order chi connectivity index (χ0) is 15.3. The number of unbranched alkanes of at least 4 members (excludes halogenated alkanes) is 1. The van der Waals surface area contributed by atoms with E-state index in [0.29, 0.717) is 23.2 Å². The molecule has 0 saturated carbocycles. The molecular weight excluding hydrogens is 339 g/mol. The van der Waals surface area contributed by atoms with Crippen molar-refractivity contribution >= 4 is 8.32 Å². The molecule has 0 rings (SSSR count). The SMILES string of the molecule is CCCC[O][Zr]([OH])([OH])[O][Si](C(C)C)(C(C)C)C(C)C. The van der Waals surface area contributed by atoms with Gasteiger partial charge in [-0.3, -0.25) is 0 Å². The van der Waals surface area contributed by atoms with Gasteiger partial charge in [0.2, 0.25) is 0 Å². The van der Waals surface area contributed by atoms with Gasteiger partial charge in [-0.05, 0) is 0 Å². The van der Waals surface area contributed by atoms with Crippen molar-refractivity contribution in [2.45, 2.75) is 77.9 Å². The van der Waals surface area contributed by atoms with E-state index in [-0.39, 0.29) is 0 Å². The molecule has 4 nitrogen and oxygen atoms in total. The Morgan fingerprint density at radius 3 is 1.68 bits per heavy atom. The van der Waals surface area contributed by atoms with E-state index in [1.54, 1.807) is 0 Å². The van der Waals surface area contributed by atoms with Gasteiger partial charge in [0.25, 0.3) is 0 Å². The van der Waals surface area contributed by atoms with E-state index in [0.717, 1.165) is 12.8 Å². The molecule has 0 aliphatic carbocycles. The van der Waals surface area contributed by atoms with Gasteiger partial charge in [-0.25, -0.2) is 0 Å². The zero-order valence-corrected chi connectivity index (χ0v) is 17.0. The summed E-state index contributed by atoms with van der Waals surface area (Å²) in [4.78, 5) is 0. The number of hydrogen-bond donors (Lipinski definition) is 2. The molecule has 0 atom stereocenters. The first-order chi connectivity index (χ1) is 8.60. The molecule has 0 saturated heterocycles. The predicted octanol–water partition coefficient (Wildman–Crippen LogP) is 3.79. The maximum absolute atomic E-state index is 10.2. The molecule has 0 aromatic rings. The van der Waals surface area contributed by atoms with Crippen molar-refractivity contribution in [2.24, 2.45) is 0 Å². The van der Waals surface area contributed by atoms with E-state index in [4.69, 9.17) is 5.32 Å². The maximum atomic E-state index is 10.2. The van der Waals surface area contributed by atoms with E-state index < -0.39 is 30.3 Å². The van der Waals surface area contributed by atoms with Gasteiger partial charge in [0.05, 0.1) is 0 Å². The van der Waals surface area contributed by atoms with Crippen molar-refractivity contribution in [3.8, 4) is 0 Å². The Bertz CT molecular complexity index is 235. The normalized spacial score (nSPS) is 13.9. The summed E-state index contributed by atoms with van der Waals surface area (Å²) in [6.45, 7) is 15.2. The van der Waals surface area contributed by atoms with E-state index >= 15 is 0 Å². The summed E-state index contributed by atoms with van der Waals surface area (Å²) >= 11 is -4.79. The van der Waals surface area contributed by atoms with Crippen LogP contribution < -0.4 is 0 Å². The Morgan fingerprint density at radius 1 is 0.947 bits per heavy atom. The topological polar surface area (TPSA) is 58.9 Å². The van der Waals surface area contributed by atoms with Crippen LogP contribution in [0.15, 0.2) is 0 Å². The molecule has 6 heteroatoms. The summed E-state index contributed by atoms with van der Waals surface area (Å²) < 4.78 is 31.7. The predicted molar refractivity (Wildman–Crippen MR) is 77.4 cm³/mol. The second-order valence-electron chi connectivity index (χ2n) is 6.17. The van der Waals surface area contributed by atoms with Gasteiger partial charge in [0.15, 0.2) is 0 Å². The van der Waals surface area contributed by atoms with Crippen molar-refractivity contribution < 1.29 is 33.7 Å². The summed E-state index contributed by atoms with van der Waals surface area (Å²) in [7, 11) is -2.25. The van der Waals surface area contributed by atoms with Gasteiger partial charge in [-0.1, -0.05) is 0 Å². The van der Waals surface area contributed by atoms with Crippen LogP contribution >= 0.6 is 0 Å². The minimum atomic E-state index is -4.79. The molecule has 0 radical (unpaired) electrons. The Kier molecular flexibility index (Phi) is 8.81. The summed E-state index contributed by atoms with van der Waals surface area (Å²) in [6.07, 6.45) is 1.81. The fourth-order valence-electron chi connectivity index (χ4n) is 2.96. The fraction of sp³-hybridized carbons (Fsp3) is 1.00. The van der Waals surface area contributed by atoms with Gasteiger partial charge in [-0.2, -0.15) is 0 Å². The molecule has 116 valence electrons. The van der Waals surface area contributed by atoms with Crippen LogP contribution in [-0.4, -0.2) is 21.3 Å². The molecule has 0 aromatic heterocycles. The van der Waals surface area contributed by atoms with Gasteiger partial charge in [0, 0.05) is 0 Å². The first kappa shape index (κ1) is 19.9. The molecule has 0 fully saturated rings. The number of rotatable bonds is 9. The van der Waals surface area contributed by atoms with Gasteiger partial charge >= 0.3 is 127 Å². The Hall–Kier alpha value is 0.940. The first-order valence-corrected chi connectivity index (χ1v) is 13.7. The van der Waals surface area contributed by atoms with Crippen LogP contribution in [0.5, 0.6) is 0 Å². The van der Waals surface area contributed by atoms with E-state index in [1.807, 2.05) is 6.92 Å². The molecule has 0 unspecified atom stereocenters. The quantitative estimate of drug-likeness (QED) is 0.478. The van der Waals surface area contributed by atoms with Crippen molar-refractivity contribution in [3.05, 3.63) is 0 Å². The molecule has 19 heavy (non-hydrogen) atoms. The van der Waals surface area contributed by atoms with Crippen LogP contribution in [0.1, 0.15) is 61.3 Å². The summed E-state index contributed by atoms with van der Waals surface area (Å²) in [5.74, 6) is 0. The average molecular weight is 372 g/mol. The molecular formula is C13H32O4SiZr. The molecule has 0 heterocycles. The summed E-state index contributed by atoms with van der Waals surface area (Å²) in [6, 6.07) is 0. The second-order valence-corrected chi connectivity index (χ2v) is 16.5. The molecule has 0 aromatic carbocycles. The first-order valence-electron chi connectivity index (χ1n) is 7.39. The van der Waals surface area contributed by atoms with Crippen molar-refractivity contribution in [2.75, 3.05) is 6.61 Å². The van der Waals surface area contributed by atoms with Gasteiger partial charge in [-0.15, -0.1) is 0 Å². The third-order valence-corrected chi connectivity index (χ3v) is 15.8. The van der Waals surface area contributed by atoms with Crippen LogP contribution in [0, 0.1) is 0 Å². The van der Waals surface area contributed by atoms with E-state index in [1.165, 1.54) is 0 Å². The van der Waals surface area contributed by atoms with Crippen LogP contribution in [0.25, 0.3) is 0 Å². The monoisotopic (exact) mass is 370 g/mol. The van der Waals surface area contributed by atoms with Crippen LogP contribution in [0.4, 0.5) is 0 Å². The molecule has 0 aliphatic rings. The zero-order valence-electron chi connectivity index (χ0n) is 13.6. The van der Waals surface area contributed by atoms with E-state index in [2.05, 4.69) is 41.5 Å². The third-order valence-electron chi connectivity index (χ3n) is 3.80. The van der Waals surface area contributed by atoms with Gasteiger partial charge in [0.1, 0.15) is 0 Å². The summed E-state index contributed by atoms with van der Waals surface area (Å²) in [5.41, 5.74) is 0.993. The summed E-state index contributed by atoms with van der Waals surface area (Å²) in [5, 5.41) is 0. The van der Waals surface area contributed by atoms with Crippen molar-refractivity contribution in [3.63, 3.8) is 0 Å². The second kappa shape index (κ2) is 8.40. The van der Waals surface area contributed by atoms with Crippen LogP contribution in [0.2, 0.25) is 16.6 Å². The molecule has 0 amide bonds. The number of hydrogen-bond acceptors (Lipinski definition) is 4. The molecule has 0 aliphatic heterocycles. The Balaban J connectivity index is 4.99. The van der Waals surface area contributed by atoms with Crippen LogP contribution in [0.3, 0.4) is 0 Å². The van der Waals surface area contributed by atoms with Gasteiger partial charge < -0.3 is 0 Å². The molecule has 2 N–H and O–H groups in total. The fourth-order valence-corrected chi connectivity index (χ4v) is 18.2. The minimum absolute atomic E-state index is 0.331. The standard InChI is InChI=1S/C9H21OSi.C4H9O.2H2O.Zr/c1-7(2)11(10,8(3)4)9(5)6;1-2-3-4-5;;;/h7-9H,1-6H3;2-4H2,1H3;2*1H2;/q2*-1;;;+4/p-2. The Morgan fingerprint density at radius 2 is 1.37 bits per heavy atom. The van der Waals surface area contributed by atoms with Crippen molar-refractivity contribution in [1.29, 1.82) is 0 Å². The van der Waals surface area contributed by atoms with Crippen molar-refractivity contribution in [1.82, 2.24) is 0 Å². The average Bonchev–Trinajstić information content (AvgIpc) is 2.24. The van der Waals surface area contributed by atoms with Crippen LogP contribution in [-0.2, 0) is 27.3 Å². The molecule has 0 spiro atoms. The Labute approximate surface area is 126 Å². The third kappa shape index (κ3) is 5.68.